The normalized spacial score (nSPS) is 21.6. The molecule has 0 atom stereocenters. The molecule has 2 aliphatic heterocycles. The Kier molecular flexibility index (Phi) is 4.10. The van der Waals surface area contributed by atoms with E-state index in [9.17, 15) is 4.79 Å². The van der Waals surface area contributed by atoms with Crippen molar-refractivity contribution in [3.8, 4) is 0 Å². The Morgan fingerprint density at radius 3 is 2.60 bits per heavy atom. The highest BCUT2D eigenvalue weighted by molar-refractivity contribution is 5.91. The number of rotatable bonds is 3. The van der Waals surface area contributed by atoms with Gasteiger partial charge in [-0.1, -0.05) is 6.92 Å². The molecule has 20 heavy (non-hydrogen) atoms. The Labute approximate surface area is 120 Å². The van der Waals surface area contributed by atoms with Crippen LogP contribution >= 0.6 is 0 Å². The summed E-state index contributed by atoms with van der Waals surface area (Å²) < 4.78 is 5.75. The Bertz CT molecular complexity index is 455. The van der Waals surface area contributed by atoms with Gasteiger partial charge in [-0.25, -0.2) is 0 Å². The standard InChI is InChI=1S/C16H24N2O2/c1-13-6-10-17(11-7-13)12-14-4-5-15(20-14)16(19)18-8-2-3-9-18/h4-5,13H,2-3,6-12H2,1H3. The van der Waals surface area contributed by atoms with E-state index in [1.165, 1.54) is 12.8 Å². The fourth-order valence-corrected chi connectivity index (χ4v) is 3.09. The van der Waals surface area contributed by atoms with Crippen LogP contribution < -0.4 is 0 Å². The summed E-state index contributed by atoms with van der Waals surface area (Å²) >= 11 is 0. The Morgan fingerprint density at radius 2 is 1.90 bits per heavy atom. The molecule has 1 aromatic heterocycles. The number of hydrogen-bond acceptors (Lipinski definition) is 3. The summed E-state index contributed by atoms with van der Waals surface area (Å²) in [4.78, 5) is 16.5. The number of piperidine rings is 1. The topological polar surface area (TPSA) is 36.7 Å². The molecule has 1 amide bonds. The lowest BCUT2D eigenvalue weighted by molar-refractivity contribution is 0.0756. The van der Waals surface area contributed by atoms with Gasteiger partial charge < -0.3 is 9.32 Å². The first kappa shape index (κ1) is 13.7. The second-order valence-corrected chi connectivity index (χ2v) is 6.22. The molecule has 0 aliphatic carbocycles. The third-order valence-corrected chi connectivity index (χ3v) is 4.52. The molecule has 0 radical (unpaired) electrons. The molecule has 0 saturated carbocycles. The van der Waals surface area contributed by atoms with Gasteiger partial charge >= 0.3 is 0 Å². The van der Waals surface area contributed by atoms with Gasteiger partial charge in [0.05, 0.1) is 6.54 Å². The molecule has 0 spiro atoms. The number of likely N-dealkylation sites (tertiary alicyclic amines) is 2. The van der Waals surface area contributed by atoms with E-state index >= 15 is 0 Å². The number of nitrogens with zero attached hydrogens (tertiary/aromatic N) is 2. The van der Waals surface area contributed by atoms with Crippen molar-refractivity contribution in [1.82, 2.24) is 9.80 Å². The Balaban J connectivity index is 1.57. The highest BCUT2D eigenvalue weighted by Crippen LogP contribution is 2.20. The van der Waals surface area contributed by atoms with Crippen molar-refractivity contribution in [2.45, 2.75) is 39.2 Å². The SMILES string of the molecule is CC1CCN(Cc2ccc(C(=O)N3CCCC3)o2)CC1. The zero-order chi connectivity index (χ0) is 13.9. The van der Waals surface area contributed by atoms with Gasteiger partial charge in [0.15, 0.2) is 5.76 Å². The van der Waals surface area contributed by atoms with Gasteiger partial charge in [-0.05, 0) is 56.8 Å². The molecule has 4 nitrogen and oxygen atoms in total. The largest absolute Gasteiger partial charge is 0.455 e. The summed E-state index contributed by atoms with van der Waals surface area (Å²) in [6, 6.07) is 3.80. The second kappa shape index (κ2) is 6.00. The molecule has 3 rings (SSSR count). The van der Waals surface area contributed by atoms with Crippen LogP contribution in [0, 0.1) is 5.92 Å². The van der Waals surface area contributed by atoms with Crippen LogP contribution in [0.25, 0.3) is 0 Å². The summed E-state index contributed by atoms with van der Waals surface area (Å²) in [6.07, 6.45) is 4.76. The molecular weight excluding hydrogens is 252 g/mol. The smallest absolute Gasteiger partial charge is 0.289 e. The summed E-state index contributed by atoms with van der Waals surface area (Å²) in [5.41, 5.74) is 0. The first-order chi connectivity index (χ1) is 9.72. The number of amides is 1. The van der Waals surface area contributed by atoms with E-state index in [1.807, 2.05) is 17.0 Å². The van der Waals surface area contributed by atoms with Crippen molar-refractivity contribution in [2.24, 2.45) is 5.92 Å². The molecule has 0 bridgehead atoms. The van der Waals surface area contributed by atoms with Crippen molar-refractivity contribution < 1.29 is 9.21 Å². The molecule has 0 aromatic carbocycles. The maximum Gasteiger partial charge on any atom is 0.289 e. The summed E-state index contributed by atoms with van der Waals surface area (Å²) in [5.74, 6) is 2.32. The second-order valence-electron chi connectivity index (χ2n) is 6.22. The molecule has 110 valence electrons. The highest BCUT2D eigenvalue weighted by Gasteiger charge is 2.23. The average molecular weight is 276 g/mol. The minimum atomic E-state index is 0.0565. The van der Waals surface area contributed by atoms with E-state index in [2.05, 4.69) is 11.8 Å². The summed E-state index contributed by atoms with van der Waals surface area (Å²) in [6.45, 7) is 7.17. The van der Waals surface area contributed by atoms with Gasteiger partial charge in [0, 0.05) is 13.1 Å². The molecule has 1 aromatic rings. The van der Waals surface area contributed by atoms with E-state index in [0.717, 1.165) is 57.2 Å². The van der Waals surface area contributed by atoms with Gasteiger partial charge in [-0.3, -0.25) is 9.69 Å². The van der Waals surface area contributed by atoms with Gasteiger partial charge in [0.25, 0.3) is 5.91 Å². The molecule has 2 fully saturated rings. The maximum atomic E-state index is 12.2. The quantitative estimate of drug-likeness (QED) is 0.852. The van der Waals surface area contributed by atoms with E-state index < -0.39 is 0 Å². The van der Waals surface area contributed by atoms with Crippen LogP contribution in [0.5, 0.6) is 0 Å². The lowest BCUT2D eigenvalue weighted by Crippen LogP contribution is -2.32. The fourth-order valence-electron chi connectivity index (χ4n) is 3.09. The zero-order valence-electron chi connectivity index (χ0n) is 12.3. The highest BCUT2D eigenvalue weighted by atomic mass is 16.4. The Morgan fingerprint density at radius 1 is 1.20 bits per heavy atom. The molecule has 2 saturated heterocycles. The van der Waals surface area contributed by atoms with Crippen molar-refractivity contribution in [1.29, 1.82) is 0 Å². The van der Waals surface area contributed by atoms with Crippen LogP contribution in [-0.4, -0.2) is 41.9 Å². The minimum Gasteiger partial charge on any atom is -0.455 e. The average Bonchev–Trinajstić information content (AvgIpc) is 3.12. The zero-order valence-corrected chi connectivity index (χ0v) is 12.3. The summed E-state index contributed by atoms with van der Waals surface area (Å²) in [7, 11) is 0. The summed E-state index contributed by atoms with van der Waals surface area (Å²) in [5, 5.41) is 0. The third kappa shape index (κ3) is 3.06. The van der Waals surface area contributed by atoms with E-state index in [1.54, 1.807) is 0 Å². The van der Waals surface area contributed by atoms with Crippen molar-refractivity contribution in [3.63, 3.8) is 0 Å². The van der Waals surface area contributed by atoms with Crippen LogP contribution in [0.3, 0.4) is 0 Å². The van der Waals surface area contributed by atoms with Crippen LogP contribution in [0.1, 0.15) is 48.9 Å². The van der Waals surface area contributed by atoms with Crippen LogP contribution in [-0.2, 0) is 6.54 Å². The van der Waals surface area contributed by atoms with Crippen LogP contribution in [0.15, 0.2) is 16.5 Å². The van der Waals surface area contributed by atoms with Gasteiger partial charge in [0.1, 0.15) is 5.76 Å². The van der Waals surface area contributed by atoms with E-state index in [0.29, 0.717) is 5.76 Å². The van der Waals surface area contributed by atoms with Crippen LogP contribution in [0.4, 0.5) is 0 Å². The van der Waals surface area contributed by atoms with E-state index in [4.69, 9.17) is 4.42 Å². The Hall–Kier alpha value is -1.29. The predicted molar refractivity (Wildman–Crippen MR) is 77.5 cm³/mol. The minimum absolute atomic E-state index is 0.0565. The molecule has 0 unspecified atom stereocenters. The number of carbonyl (C=O) groups excluding carboxylic acids is 1. The lowest BCUT2D eigenvalue weighted by atomic mass is 9.99. The number of furan rings is 1. The van der Waals surface area contributed by atoms with Crippen molar-refractivity contribution in [2.75, 3.05) is 26.2 Å². The third-order valence-electron chi connectivity index (χ3n) is 4.52. The van der Waals surface area contributed by atoms with Crippen LogP contribution in [0.2, 0.25) is 0 Å². The molecule has 0 N–H and O–H groups in total. The molecular formula is C16H24N2O2. The predicted octanol–water partition coefficient (Wildman–Crippen LogP) is 2.75. The molecule has 4 heteroatoms. The maximum absolute atomic E-state index is 12.2. The van der Waals surface area contributed by atoms with Gasteiger partial charge in [-0.15, -0.1) is 0 Å². The molecule has 3 heterocycles. The first-order valence-electron chi connectivity index (χ1n) is 7.83. The monoisotopic (exact) mass is 276 g/mol. The van der Waals surface area contributed by atoms with E-state index in [-0.39, 0.29) is 5.91 Å². The van der Waals surface area contributed by atoms with Gasteiger partial charge in [-0.2, -0.15) is 0 Å². The van der Waals surface area contributed by atoms with Crippen molar-refractivity contribution >= 4 is 5.91 Å². The first-order valence-corrected chi connectivity index (χ1v) is 7.83. The lowest BCUT2D eigenvalue weighted by Gasteiger charge is -2.29. The number of carbonyl (C=O) groups is 1. The fraction of sp³-hybridized carbons (Fsp3) is 0.688. The number of hydrogen-bond donors (Lipinski definition) is 0. The molecule has 2 aliphatic rings. The van der Waals surface area contributed by atoms with Gasteiger partial charge in [0.2, 0.25) is 0 Å². The van der Waals surface area contributed by atoms with Crippen molar-refractivity contribution in [3.05, 3.63) is 23.7 Å².